The minimum atomic E-state index is -3.30. The molecule has 1 heterocycles. The van der Waals surface area contributed by atoms with E-state index < -0.39 is 15.3 Å². The summed E-state index contributed by atoms with van der Waals surface area (Å²) in [4.78, 5) is 0. The van der Waals surface area contributed by atoms with Crippen LogP contribution in [0.3, 0.4) is 0 Å². The molecular formula is C11H23NO3S. The molecule has 1 saturated heterocycles. The van der Waals surface area contributed by atoms with Gasteiger partial charge in [-0.25, -0.2) is 8.42 Å². The van der Waals surface area contributed by atoms with Gasteiger partial charge in [0.15, 0.2) is 0 Å². The van der Waals surface area contributed by atoms with Crippen LogP contribution in [0.25, 0.3) is 0 Å². The minimum absolute atomic E-state index is 0.151. The second-order valence-corrected chi connectivity index (χ2v) is 6.89. The van der Waals surface area contributed by atoms with Gasteiger partial charge in [-0.3, -0.25) is 0 Å². The highest BCUT2D eigenvalue weighted by Gasteiger charge is 2.34. The van der Waals surface area contributed by atoms with E-state index in [0.29, 0.717) is 6.54 Å². The third-order valence-electron chi connectivity index (χ3n) is 3.29. The van der Waals surface area contributed by atoms with Crippen molar-refractivity contribution >= 4 is 10.0 Å². The second kappa shape index (κ2) is 5.98. The van der Waals surface area contributed by atoms with E-state index >= 15 is 0 Å². The summed E-state index contributed by atoms with van der Waals surface area (Å²) in [6.45, 7) is 3.98. The fraction of sp³-hybridized carbons (Fsp3) is 1.00. The van der Waals surface area contributed by atoms with Gasteiger partial charge in [-0.2, -0.15) is 4.31 Å². The fourth-order valence-electron chi connectivity index (χ4n) is 2.26. The predicted octanol–water partition coefficient (Wildman–Crippen LogP) is 1.35. The summed E-state index contributed by atoms with van der Waals surface area (Å²) < 4.78 is 26.0. The lowest BCUT2D eigenvalue weighted by molar-refractivity contribution is 0.230. The minimum Gasteiger partial charge on any atom is -0.395 e. The van der Waals surface area contributed by atoms with Gasteiger partial charge in [-0.15, -0.1) is 0 Å². The number of piperidine rings is 1. The maximum absolute atomic E-state index is 12.2. The number of nitrogens with zero attached hydrogens (tertiary/aromatic N) is 1. The Labute approximate surface area is 98.7 Å². The molecular weight excluding hydrogens is 226 g/mol. The summed E-state index contributed by atoms with van der Waals surface area (Å²) in [5.74, 6) is 0. The summed E-state index contributed by atoms with van der Waals surface area (Å²) in [5.41, 5.74) is 0. The standard InChI is InChI=1S/C11H23NO3S/c1-3-6-11-7-4-5-8-12(11)16(14,15)10(2)9-13/h10-11,13H,3-9H2,1-2H3. The number of hydrogen-bond donors (Lipinski definition) is 1. The predicted molar refractivity (Wildman–Crippen MR) is 64.7 cm³/mol. The molecule has 96 valence electrons. The quantitative estimate of drug-likeness (QED) is 0.800. The van der Waals surface area contributed by atoms with Crippen molar-refractivity contribution in [1.29, 1.82) is 0 Å². The van der Waals surface area contributed by atoms with Crippen molar-refractivity contribution in [3.05, 3.63) is 0 Å². The van der Waals surface area contributed by atoms with E-state index in [2.05, 4.69) is 6.92 Å². The topological polar surface area (TPSA) is 57.6 Å². The normalized spacial score (nSPS) is 25.6. The van der Waals surface area contributed by atoms with Crippen LogP contribution in [0, 0.1) is 0 Å². The molecule has 5 heteroatoms. The largest absolute Gasteiger partial charge is 0.395 e. The molecule has 0 aliphatic carbocycles. The van der Waals surface area contributed by atoms with Gasteiger partial charge in [-0.05, 0) is 26.2 Å². The molecule has 0 aromatic carbocycles. The van der Waals surface area contributed by atoms with Crippen LogP contribution in [-0.4, -0.2) is 42.3 Å². The molecule has 0 aromatic heterocycles. The summed E-state index contributed by atoms with van der Waals surface area (Å²) in [6.07, 6.45) is 4.95. The molecule has 1 N–H and O–H groups in total. The molecule has 1 rings (SSSR count). The van der Waals surface area contributed by atoms with Crippen LogP contribution in [0.4, 0.5) is 0 Å². The van der Waals surface area contributed by atoms with Crippen molar-refractivity contribution < 1.29 is 13.5 Å². The van der Waals surface area contributed by atoms with E-state index in [1.54, 1.807) is 11.2 Å². The Kier molecular flexibility index (Phi) is 5.21. The summed E-state index contributed by atoms with van der Waals surface area (Å²) >= 11 is 0. The highest BCUT2D eigenvalue weighted by molar-refractivity contribution is 7.89. The zero-order valence-electron chi connectivity index (χ0n) is 10.2. The molecule has 0 radical (unpaired) electrons. The first-order valence-electron chi connectivity index (χ1n) is 6.15. The first-order chi connectivity index (χ1) is 7.54. The molecule has 0 aromatic rings. The van der Waals surface area contributed by atoms with Crippen molar-refractivity contribution in [2.45, 2.75) is 57.2 Å². The third kappa shape index (κ3) is 2.96. The van der Waals surface area contributed by atoms with E-state index in [0.717, 1.165) is 32.1 Å². The van der Waals surface area contributed by atoms with Gasteiger partial charge in [0.25, 0.3) is 0 Å². The molecule has 1 aliphatic rings. The van der Waals surface area contributed by atoms with Crippen LogP contribution < -0.4 is 0 Å². The Balaban J connectivity index is 2.82. The first kappa shape index (κ1) is 13.9. The lowest BCUT2D eigenvalue weighted by atomic mass is 10.0. The summed E-state index contributed by atoms with van der Waals surface area (Å²) in [5, 5.41) is 8.34. The van der Waals surface area contributed by atoms with Gasteiger partial charge in [0.05, 0.1) is 11.9 Å². The summed E-state index contributed by atoms with van der Waals surface area (Å²) in [6, 6.07) is 0.151. The number of aliphatic hydroxyl groups excluding tert-OH is 1. The van der Waals surface area contributed by atoms with Gasteiger partial charge in [0.1, 0.15) is 0 Å². The lowest BCUT2D eigenvalue weighted by Gasteiger charge is -2.36. The van der Waals surface area contributed by atoms with E-state index in [4.69, 9.17) is 5.11 Å². The Morgan fingerprint density at radius 1 is 1.44 bits per heavy atom. The Morgan fingerprint density at radius 3 is 2.69 bits per heavy atom. The molecule has 2 unspecified atom stereocenters. The lowest BCUT2D eigenvalue weighted by Crippen LogP contribution is -2.47. The molecule has 4 nitrogen and oxygen atoms in total. The second-order valence-electron chi connectivity index (χ2n) is 4.59. The molecule has 0 saturated carbocycles. The molecule has 0 amide bonds. The average molecular weight is 249 g/mol. The van der Waals surface area contributed by atoms with Gasteiger partial charge in [0, 0.05) is 12.6 Å². The van der Waals surface area contributed by atoms with E-state index in [1.165, 1.54) is 0 Å². The van der Waals surface area contributed by atoms with E-state index in [1.807, 2.05) is 0 Å². The molecule has 0 spiro atoms. The average Bonchev–Trinajstić information content (AvgIpc) is 2.29. The van der Waals surface area contributed by atoms with Crippen LogP contribution in [0.2, 0.25) is 0 Å². The third-order valence-corrected chi connectivity index (χ3v) is 5.59. The van der Waals surface area contributed by atoms with Crippen LogP contribution in [0.1, 0.15) is 46.0 Å². The van der Waals surface area contributed by atoms with Crippen molar-refractivity contribution in [2.24, 2.45) is 0 Å². The highest BCUT2D eigenvalue weighted by Crippen LogP contribution is 2.25. The highest BCUT2D eigenvalue weighted by atomic mass is 32.2. The van der Waals surface area contributed by atoms with Gasteiger partial charge < -0.3 is 5.11 Å². The maximum atomic E-state index is 12.2. The van der Waals surface area contributed by atoms with Gasteiger partial charge in [-0.1, -0.05) is 19.8 Å². The number of hydrogen-bond acceptors (Lipinski definition) is 3. The smallest absolute Gasteiger partial charge is 0.219 e. The number of aliphatic hydroxyl groups is 1. The first-order valence-corrected chi connectivity index (χ1v) is 7.65. The maximum Gasteiger partial charge on any atom is 0.219 e. The molecule has 1 fully saturated rings. The fourth-order valence-corrected chi connectivity index (χ4v) is 3.92. The molecule has 1 aliphatic heterocycles. The van der Waals surface area contributed by atoms with Crippen LogP contribution >= 0.6 is 0 Å². The van der Waals surface area contributed by atoms with Crippen LogP contribution in [0.15, 0.2) is 0 Å². The Bertz CT molecular complexity index is 300. The van der Waals surface area contributed by atoms with Crippen molar-refractivity contribution in [2.75, 3.05) is 13.2 Å². The van der Waals surface area contributed by atoms with Crippen molar-refractivity contribution in [1.82, 2.24) is 4.31 Å². The zero-order valence-corrected chi connectivity index (χ0v) is 11.0. The monoisotopic (exact) mass is 249 g/mol. The SMILES string of the molecule is CCCC1CCCCN1S(=O)(=O)C(C)CO. The number of sulfonamides is 1. The summed E-state index contributed by atoms with van der Waals surface area (Å²) in [7, 11) is -3.30. The van der Waals surface area contributed by atoms with Crippen LogP contribution in [0.5, 0.6) is 0 Å². The van der Waals surface area contributed by atoms with Crippen LogP contribution in [-0.2, 0) is 10.0 Å². The molecule has 0 bridgehead atoms. The molecule has 2 atom stereocenters. The van der Waals surface area contributed by atoms with Crippen molar-refractivity contribution in [3.8, 4) is 0 Å². The Morgan fingerprint density at radius 2 is 2.12 bits per heavy atom. The van der Waals surface area contributed by atoms with Gasteiger partial charge >= 0.3 is 0 Å². The zero-order chi connectivity index (χ0) is 12.2. The number of rotatable bonds is 5. The van der Waals surface area contributed by atoms with E-state index in [9.17, 15) is 8.42 Å². The van der Waals surface area contributed by atoms with Crippen molar-refractivity contribution in [3.63, 3.8) is 0 Å². The van der Waals surface area contributed by atoms with Gasteiger partial charge in [0.2, 0.25) is 10.0 Å². The van der Waals surface area contributed by atoms with E-state index in [-0.39, 0.29) is 12.6 Å². The Hall–Kier alpha value is -0.130. The molecule has 16 heavy (non-hydrogen) atoms.